The molecule has 3 heterocycles. The number of thiazole rings is 1. The van der Waals surface area contributed by atoms with Crippen LogP contribution in [0.4, 0.5) is 4.39 Å². The molecule has 1 aliphatic heterocycles. The minimum atomic E-state index is -0.301. The Morgan fingerprint density at radius 1 is 1.37 bits per heavy atom. The standard InChI is InChI=1S/C19H20FN5OS/c1-10(22-18(26)16-13-9-21-8-7-15(13)24-25-16)17-11(2)23-19(27-17)12-5-3-4-6-14(12)20/h3-6,10,21H,7-9H2,1-2H3,(H,22,26)(H,24,25). The van der Waals surface area contributed by atoms with E-state index < -0.39 is 0 Å². The fourth-order valence-electron chi connectivity index (χ4n) is 3.30. The van der Waals surface area contributed by atoms with Gasteiger partial charge in [0.1, 0.15) is 10.8 Å². The van der Waals surface area contributed by atoms with Gasteiger partial charge in [-0.3, -0.25) is 9.89 Å². The van der Waals surface area contributed by atoms with Gasteiger partial charge in [0.15, 0.2) is 5.69 Å². The number of hydrogen-bond acceptors (Lipinski definition) is 5. The molecule has 2 aromatic heterocycles. The van der Waals surface area contributed by atoms with E-state index in [1.807, 2.05) is 13.8 Å². The van der Waals surface area contributed by atoms with Crippen molar-refractivity contribution in [3.05, 3.63) is 57.6 Å². The number of amides is 1. The molecule has 8 heteroatoms. The first-order valence-electron chi connectivity index (χ1n) is 8.84. The third-order valence-corrected chi connectivity index (χ3v) is 6.07. The number of aromatic nitrogens is 3. The molecule has 0 saturated heterocycles. The van der Waals surface area contributed by atoms with E-state index in [0.29, 0.717) is 22.8 Å². The second-order valence-corrected chi connectivity index (χ2v) is 7.63. The number of fused-ring (bicyclic) bond motifs is 1. The van der Waals surface area contributed by atoms with Gasteiger partial charge in [0, 0.05) is 36.3 Å². The second kappa shape index (κ2) is 7.21. The van der Waals surface area contributed by atoms with E-state index in [1.165, 1.54) is 17.4 Å². The van der Waals surface area contributed by atoms with Gasteiger partial charge >= 0.3 is 0 Å². The zero-order valence-electron chi connectivity index (χ0n) is 15.1. The second-order valence-electron chi connectivity index (χ2n) is 6.60. The normalized spacial score (nSPS) is 14.6. The number of aryl methyl sites for hydroxylation is 1. The van der Waals surface area contributed by atoms with Gasteiger partial charge in [-0.15, -0.1) is 11.3 Å². The average Bonchev–Trinajstić information content (AvgIpc) is 3.25. The van der Waals surface area contributed by atoms with E-state index in [1.54, 1.807) is 18.2 Å². The van der Waals surface area contributed by atoms with E-state index in [0.717, 1.165) is 34.8 Å². The van der Waals surface area contributed by atoms with E-state index in [-0.39, 0.29) is 17.8 Å². The van der Waals surface area contributed by atoms with Gasteiger partial charge < -0.3 is 10.6 Å². The van der Waals surface area contributed by atoms with Crippen molar-refractivity contribution in [2.75, 3.05) is 6.54 Å². The number of nitrogens with one attached hydrogen (secondary N) is 3. The largest absolute Gasteiger partial charge is 0.343 e. The zero-order chi connectivity index (χ0) is 19.0. The summed E-state index contributed by atoms with van der Waals surface area (Å²) in [5.41, 5.74) is 3.64. The number of carbonyl (C=O) groups is 1. The Hall–Kier alpha value is -2.58. The summed E-state index contributed by atoms with van der Waals surface area (Å²) >= 11 is 1.40. The van der Waals surface area contributed by atoms with Gasteiger partial charge in [-0.05, 0) is 26.0 Å². The lowest BCUT2D eigenvalue weighted by atomic mass is 10.1. The molecule has 1 aromatic carbocycles. The monoisotopic (exact) mass is 385 g/mol. The summed E-state index contributed by atoms with van der Waals surface area (Å²) in [6, 6.07) is 6.33. The number of benzene rings is 1. The van der Waals surface area contributed by atoms with Crippen molar-refractivity contribution in [3.63, 3.8) is 0 Å². The fourth-order valence-corrected chi connectivity index (χ4v) is 4.40. The van der Waals surface area contributed by atoms with Crippen molar-refractivity contribution < 1.29 is 9.18 Å². The summed E-state index contributed by atoms with van der Waals surface area (Å²) in [6.07, 6.45) is 0.838. The molecule has 0 radical (unpaired) electrons. The molecule has 0 saturated carbocycles. The first kappa shape index (κ1) is 17.8. The summed E-state index contributed by atoms with van der Waals surface area (Å²) in [7, 11) is 0. The predicted octanol–water partition coefficient (Wildman–Crippen LogP) is 3.12. The van der Waals surface area contributed by atoms with Gasteiger partial charge in [-0.2, -0.15) is 5.10 Å². The summed E-state index contributed by atoms with van der Waals surface area (Å²) in [6.45, 7) is 5.30. The van der Waals surface area contributed by atoms with Crippen LogP contribution in [0.15, 0.2) is 24.3 Å². The Morgan fingerprint density at radius 3 is 3.00 bits per heavy atom. The summed E-state index contributed by atoms with van der Waals surface area (Å²) in [5, 5.41) is 14.0. The molecule has 0 spiro atoms. The highest BCUT2D eigenvalue weighted by Crippen LogP contribution is 2.33. The van der Waals surface area contributed by atoms with Gasteiger partial charge in [-0.25, -0.2) is 9.37 Å². The third-order valence-electron chi connectivity index (χ3n) is 4.70. The van der Waals surface area contributed by atoms with Gasteiger partial charge in [0.25, 0.3) is 5.91 Å². The van der Waals surface area contributed by atoms with E-state index in [9.17, 15) is 9.18 Å². The number of carbonyl (C=O) groups excluding carboxylic acids is 1. The molecule has 3 N–H and O–H groups in total. The summed E-state index contributed by atoms with van der Waals surface area (Å²) in [4.78, 5) is 18.1. The minimum absolute atomic E-state index is 0.219. The maximum Gasteiger partial charge on any atom is 0.272 e. The van der Waals surface area contributed by atoms with Gasteiger partial charge in [0.2, 0.25) is 0 Å². The molecule has 1 aliphatic rings. The highest BCUT2D eigenvalue weighted by atomic mass is 32.1. The van der Waals surface area contributed by atoms with E-state index >= 15 is 0 Å². The topological polar surface area (TPSA) is 82.7 Å². The van der Waals surface area contributed by atoms with Crippen LogP contribution in [0.1, 0.15) is 45.3 Å². The van der Waals surface area contributed by atoms with Crippen molar-refractivity contribution in [1.29, 1.82) is 0 Å². The quantitative estimate of drug-likeness (QED) is 0.644. The van der Waals surface area contributed by atoms with Crippen molar-refractivity contribution in [3.8, 4) is 10.6 Å². The van der Waals surface area contributed by atoms with Crippen LogP contribution in [0.25, 0.3) is 10.6 Å². The molecule has 1 unspecified atom stereocenters. The van der Waals surface area contributed by atoms with Crippen LogP contribution in [-0.4, -0.2) is 27.6 Å². The SMILES string of the molecule is Cc1nc(-c2ccccc2F)sc1C(C)NC(=O)c1n[nH]c2c1CNCC2. The number of hydrogen-bond donors (Lipinski definition) is 3. The van der Waals surface area contributed by atoms with Crippen LogP contribution < -0.4 is 10.6 Å². The maximum atomic E-state index is 14.1. The Balaban J connectivity index is 1.55. The van der Waals surface area contributed by atoms with E-state index in [4.69, 9.17) is 0 Å². The molecule has 0 bridgehead atoms. The number of halogens is 1. The molecule has 4 rings (SSSR count). The molecule has 6 nitrogen and oxygen atoms in total. The summed E-state index contributed by atoms with van der Waals surface area (Å²) < 4.78 is 14.1. The lowest BCUT2D eigenvalue weighted by Crippen LogP contribution is -2.30. The van der Waals surface area contributed by atoms with Gasteiger partial charge in [-0.1, -0.05) is 12.1 Å². The molecule has 27 heavy (non-hydrogen) atoms. The first-order chi connectivity index (χ1) is 13.0. The molecule has 140 valence electrons. The molecular weight excluding hydrogens is 365 g/mol. The lowest BCUT2D eigenvalue weighted by molar-refractivity contribution is 0.0934. The van der Waals surface area contributed by atoms with Crippen LogP contribution in [-0.2, 0) is 13.0 Å². The highest BCUT2D eigenvalue weighted by Gasteiger charge is 2.24. The smallest absolute Gasteiger partial charge is 0.272 e. The maximum absolute atomic E-state index is 14.1. The molecule has 1 atom stereocenters. The average molecular weight is 385 g/mol. The van der Waals surface area contributed by atoms with Crippen LogP contribution in [0.5, 0.6) is 0 Å². The predicted molar refractivity (Wildman–Crippen MR) is 102 cm³/mol. The number of nitrogens with zero attached hydrogens (tertiary/aromatic N) is 2. The lowest BCUT2D eigenvalue weighted by Gasteiger charge is -2.15. The van der Waals surface area contributed by atoms with Crippen molar-refractivity contribution >= 4 is 17.2 Å². The van der Waals surface area contributed by atoms with Crippen molar-refractivity contribution in [2.45, 2.75) is 32.9 Å². The third kappa shape index (κ3) is 3.38. The Morgan fingerprint density at radius 2 is 2.19 bits per heavy atom. The number of rotatable bonds is 4. The molecule has 1 amide bonds. The van der Waals surface area contributed by atoms with Crippen molar-refractivity contribution in [1.82, 2.24) is 25.8 Å². The molecule has 0 aliphatic carbocycles. The molecule has 3 aromatic rings. The zero-order valence-corrected chi connectivity index (χ0v) is 15.9. The number of H-pyrrole nitrogens is 1. The Kier molecular flexibility index (Phi) is 4.75. The molecular formula is C19H20FN5OS. The van der Waals surface area contributed by atoms with Crippen LogP contribution in [0.3, 0.4) is 0 Å². The highest BCUT2D eigenvalue weighted by molar-refractivity contribution is 7.15. The Bertz CT molecular complexity index is 996. The minimum Gasteiger partial charge on any atom is -0.343 e. The molecule has 0 fully saturated rings. The summed E-state index contributed by atoms with van der Waals surface area (Å²) in [5.74, 6) is -0.519. The Labute approximate surface area is 160 Å². The van der Waals surface area contributed by atoms with Crippen LogP contribution in [0, 0.1) is 12.7 Å². The fraction of sp³-hybridized carbons (Fsp3) is 0.316. The first-order valence-corrected chi connectivity index (χ1v) is 9.66. The van der Waals surface area contributed by atoms with E-state index in [2.05, 4.69) is 25.8 Å². The van der Waals surface area contributed by atoms with Crippen LogP contribution in [0.2, 0.25) is 0 Å². The number of aromatic amines is 1. The van der Waals surface area contributed by atoms with Crippen molar-refractivity contribution in [2.24, 2.45) is 0 Å². The van der Waals surface area contributed by atoms with Crippen LogP contribution >= 0.6 is 11.3 Å². The van der Waals surface area contributed by atoms with Gasteiger partial charge in [0.05, 0.1) is 16.6 Å².